The first kappa shape index (κ1) is 20.5. The number of benzene rings is 2. The van der Waals surface area contributed by atoms with Crippen molar-refractivity contribution in [1.29, 1.82) is 0 Å². The first-order valence-corrected chi connectivity index (χ1v) is 8.74. The number of hydrogen-bond acceptors (Lipinski definition) is 5. The third-order valence-electron chi connectivity index (χ3n) is 3.69. The summed E-state index contributed by atoms with van der Waals surface area (Å²) < 4.78 is 10.2. The van der Waals surface area contributed by atoms with Gasteiger partial charge >= 0.3 is 5.97 Å². The monoisotopic (exact) mass is 389 g/mol. The lowest BCUT2D eigenvalue weighted by atomic mass is 10.1. The Bertz CT molecular complexity index is 833. The predicted octanol–water partition coefficient (Wildman–Crippen LogP) is 3.80. The van der Waals surface area contributed by atoms with E-state index in [1.54, 1.807) is 49.4 Å². The van der Waals surface area contributed by atoms with E-state index in [2.05, 4.69) is 5.32 Å². The number of ether oxygens (including phenoxy) is 2. The number of aryl methyl sites for hydroxylation is 1. The van der Waals surface area contributed by atoms with Crippen LogP contribution in [0.1, 0.15) is 29.3 Å². The zero-order valence-electron chi connectivity index (χ0n) is 15.1. The molecule has 0 atom stereocenters. The Morgan fingerprint density at radius 1 is 1.04 bits per heavy atom. The summed E-state index contributed by atoms with van der Waals surface area (Å²) in [5, 5.41) is 3.12. The molecule has 2 aromatic rings. The lowest BCUT2D eigenvalue weighted by molar-refractivity contribution is -0.149. The third-order valence-corrected chi connectivity index (χ3v) is 3.93. The molecular weight excluding hydrogens is 370 g/mol. The average molecular weight is 390 g/mol. The summed E-state index contributed by atoms with van der Waals surface area (Å²) in [6, 6.07) is 11.6. The minimum Gasteiger partial charge on any atom is -0.482 e. The second kappa shape index (κ2) is 9.73. The van der Waals surface area contributed by atoms with E-state index in [0.717, 1.165) is 5.56 Å². The van der Waals surface area contributed by atoms with E-state index in [4.69, 9.17) is 21.1 Å². The van der Waals surface area contributed by atoms with Crippen molar-refractivity contribution in [1.82, 2.24) is 0 Å². The van der Waals surface area contributed by atoms with Gasteiger partial charge in [0.25, 0.3) is 5.91 Å². The molecule has 0 bridgehead atoms. The van der Waals surface area contributed by atoms with Gasteiger partial charge in [0.05, 0.1) is 0 Å². The van der Waals surface area contributed by atoms with Crippen LogP contribution in [-0.2, 0) is 14.3 Å². The molecule has 1 amide bonds. The zero-order valence-corrected chi connectivity index (χ0v) is 15.8. The van der Waals surface area contributed by atoms with Crippen molar-refractivity contribution in [3.05, 3.63) is 58.6 Å². The first-order valence-electron chi connectivity index (χ1n) is 8.36. The van der Waals surface area contributed by atoms with Crippen molar-refractivity contribution in [2.24, 2.45) is 0 Å². The van der Waals surface area contributed by atoms with Crippen LogP contribution in [0.2, 0.25) is 5.02 Å². The molecule has 27 heavy (non-hydrogen) atoms. The van der Waals surface area contributed by atoms with Gasteiger partial charge in [0.1, 0.15) is 5.75 Å². The second-order valence-electron chi connectivity index (χ2n) is 5.76. The van der Waals surface area contributed by atoms with Crippen LogP contribution in [0.3, 0.4) is 0 Å². The van der Waals surface area contributed by atoms with Gasteiger partial charge in [-0.1, -0.05) is 24.6 Å². The number of esters is 1. The number of hydrogen-bond donors (Lipinski definition) is 1. The van der Waals surface area contributed by atoms with E-state index in [9.17, 15) is 14.4 Å². The van der Waals surface area contributed by atoms with Crippen LogP contribution in [0, 0.1) is 6.92 Å². The van der Waals surface area contributed by atoms with E-state index in [-0.39, 0.29) is 12.4 Å². The SMILES string of the molecule is CCC(=O)c1ccc(OCC(=O)OCC(=O)Nc2cc(Cl)ccc2C)cc1. The minimum atomic E-state index is -0.679. The molecule has 0 aliphatic carbocycles. The van der Waals surface area contributed by atoms with Gasteiger partial charge in [0.15, 0.2) is 19.0 Å². The van der Waals surface area contributed by atoms with Crippen LogP contribution in [-0.4, -0.2) is 30.9 Å². The summed E-state index contributed by atoms with van der Waals surface area (Å²) in [6.07, 6.45) is 0.420. The molecule has 0 saturated carbocycles. The fraction of sp³-hybridized carbons (Fsp3) is 0.250. The maximum atomic E-state index is 11.9. The third kappa shape index (κ3) is 6.42. The predicted molar refractivity (Wildman–Crippen MR) is 102 cm³/mol. The van der Waals surface area contributed by atoms with Crippen molar-refractivity contribution < 1.29 is 23.9 Å². The number of ketones is 1. The number of Topliss-reactive ketones (excluding diaryl/α,β-unsaturated/α-hetero) is 1. The van der Waals surface area contributed by atoms with Crippen molar-refractivity contribution in [3.8, 4) is 5.75 Å². The molecule has 0 fully saturated rings. The van der Waals surface area contributed by atoms with Crippen LogP contribution in [0.5, 0.6) is 5.75 Å². The Morgan fingerprint density at radius 3 is 2.41 bits per heavy atom. The van der Waals surface area contributed by atoms with Crippen LogP contribution in [0.4, 0.5) is 5.69 Å². The van der Waals surface area contributed by atoms with Crippen LogP contribution >= 0.6 is 11.6 Å². The highest BCUT2D eigenvalue weighted by Crippen LogP contribution is 2.20. The van der Waals surface area contributed by atoms with E-state index in [1.165, 1.54) is 0 Å². The van der Waals surface area contributed by atoms with Crippen LogP contribution < -0.4 is 10.1 Å². The smallest absolute Gasteiger partial charge is 0.344 e. The van der Waals surface area contributed by atoms with Gasteiger partial charge in [-0.25, -0.2) is 4.79 Å². The van der Waals surface area contributed by atoms with Gasteiger partial charge in [-0.15, -0.1) is 0 Å². The fourth-order valence-corrected chi connectivity index (χ4v) is 2.36. The molecule has 0 heterocycles. The molecule has 7 heteroatoms. The molecule has 0 saturated heterocycles. The molecule has 6 nitrogen and oxygen atoms in total. The van der Waals surface area contributed by atoms with Gasteiger partial charge in [0.2, 0.25) is 0 Å². The van der Waals surface area contributed by atoms with E-state index in [0.29, 0.717) is 28.4 Å². The summed E-state index contributed by atoms with van der Waals surface area (Å²) in [5.74, 6) is -0.696. The second-order valence-corrected chi connectivity index (χ2v) is 6.19. The van der Waals surface area contributed by atoms with Crippen molar-refractivity contribution in [2.75, 3.05) is 18.5 Å². The van der Waals surface area contributed by atoms with Gasteiger partial charge in [-0.2, -0.15) is 0 Å². The first-order chi connectivity index (χ1) is 12.9. The maximum absolute atomic E-state index is 11.9. The molecule has 0 aromatic heterocycles. The lowest BCUT2D eigenvalue weighted by Crippen LogP contribution is -2.24. The summed E-state index contributed by atoms with van der Waals surface area (Å²) in [7, 11) is 0. The molecule has 0 aliphatic heterocycles. The molecule has 0 unspecified atom stereocenters. The number of anilines is 1. The molecular formula is C20H20ClNO5. The lowest BCUT2D eigenvalue weighted by Gasteiger charge is -2.10. The summed E-state index contributed by atoms with van der Waals surface area (Å²) in [4.78, 5) is 35.1. The molecule has 0 aliphatic rings. The summed E-state index contributed by atoms with van der Waals surface area (Å²) in [6.45, 7) is 2.83. The summed E-state index contributed by atoms with van der Waals surface area (Å²) >= 11 is 5.89. The van der Waals surface area contributed by atoms with Gasteiger partial charge < -0.3 is 14.8 Å². The molecule has 142 valence electrons. The molecule has 0 radical (unpaired) electrons. The topological polar surface area (TPSA) is 81.7 Å². The molecule has 2 aromatic carbocycles. The van der Waals surface area contributed by atoms with Crippen molar-refractivity contribution in [3.63, 3.8) is 0 Å². The molecule has 0 spiro atoms. The van der Waals surface area contributed by atoms with Crippen LogP contribution in [0.15, 0.2) is 42.5 Å². The number of rotatable bonds is 8. The summed E-state index contributed by atoms with van der Waals surface area (Å²) in [5.41, 5.74) is 1.98. The molecule has 1 N–H and O–H groups in total. The Hall–Kier alpha value is -2.86. The van der Waals surface area contributed by atoms with Gasteiger partial charge in [0, 0.05) is 22.7 Å². The Kier molecular flexibility index (Phi) is 7.37. The number of halogens is 1. The minimum absolute atomic E-state index is 0.0295. The molecule has 2 rings (SSSR count). The van der Waals surface area contributed by atoms with Crippen molar-refractivity contribution in [2.45, 2.75) is 20.3 Å². The number of nitrogens with one attached hydrogen (secondary N) is 1. The Morgan fingerprint density at radius 2 is 1.74 bits per heavy atom. The highest BCUT2D eigenvalue weighted by molar-refractivity contribution is 6.31. The number of carbonyl (C=O) groups excluding carboxylic acids is 3. The van der Waals surface area contributed by atoms with E-state index < -0.39 is 18.5 Å². The zero-order chi connectivity index (χ0) is 19.8. The quantitative estimate of drug-likeness (QED) is 0.548. The van der Waals surface area contributed by atoms with Crippen molar-refractivity contribution >= 4 is 34.9 Å². The largest absolute Gasteiger partial charge is 0.482 e. The van der Waals surface area contributed by atoms with Crippen LogP contribution in [0.25, 0.3) is 0 Å². The standard InChI is InChI=1S/C20H20ClNO5/c1-3-18(23)14-5-8-16(9-6-14)26-12-20(25)27-11-19(24)22-17-10-15(21)7-4-13(17)2/h4-10H,3,11-12H2,1-2H3,(H,22,24). The van der Waals surface area contributed by atoms with Gasteiger partial charge in [-0.3, -0.25) is 9.59 Å². The Labute approximate surface area is 162 Å². The highest BCUT2D eigenvalue weighted by Gasteiger charge is 2.11. The average Bonchev–Trinajstić information content (AvgIpc) is 2.67. The Balaban J connectivity index is 1.76. The normalized spacial score (nSPS) is 10.2. The number of carbonyl (C=O) groups is 3. The van der Waals surface area contributed by atoms with E-state index in [1.807, 2.05) is 6.92 Å². The fourth-order valence-electron chi connectivity index (χ4n) is 2.19. The number of amides is 1. The maximum Gasteiger partial charge on any atom is 0.344 e. The van der Waals surface area contributed by atoms with Gasteiger partial charge in [-0.05, 0) is 48.9 Å². The highest BCUT2D eigenvalue weighted by atomic mass is 35.5. The van der Waals surface area contributed by atoms with E-state index >= 15 is 0 Å².